The second-order valence-electron chi connectivity index (χ2n) is 4.59. The van der Waals surface area contributed by atoms with E-state index in [9.17, 15) is 4.79 Å². The summed E-state index contributed by atoms with van der Waals surface area (Å²) in [6.07, 6.45) is 0. The maximum atomic E-state index is 11.6. The molecule has 0 amide bonds. The lowest BCUT2D eigenvalue weighted by Crippen LogP contribution is -2.05. The molecule has 2 aromatic carbocycles. The third kappa shape index (κ3) is 2.55. The molecule has 0 aliphatic rings. The first-order valence-electron chi connectivity index (χ1n) is 6.68. The van der Waals surface area contributed by atoms with E-state index < -0.39 is 0 Å². The number of nitrogen functional groups attached to an aromatic ring is 1. The van der Waals surface area contributed by atoms with Gasteiger partial charge in [-0.05, 0) is 59.3 Å². The van der Waals surface area contributed by atoms with Crippen LogP contribution in [0, 0.1) is 0 Å². The number of halogens is 1. The molecule has 112 valence electrons. The third-order valence-corrected chi connectivity index (χ3v) is 3.96. The van der Waals surface area contributed by atoms with Crippen molar-refractivity contribution in [1.82, 2.24) is 15.0 Å². The smallest absolute Gasteiger partial charge is 0.338 e. The Morgan fingerprint density at radius 3 is 2.64 bits per heavy atom. The highest BCUT2D eigenvalue weighted by Gasteiger charge is 2.11. The van der Waals surface area contributed by atoms with Crippen molar-refractivity contribution in [3.8, 4) is 5.69 Å². The fourth-order valence-corrected chi connectivity index (χ4v) is 2.44. The number of rotatable bonds is 3. The number of aromatic nitrogens is 3. The Morgan fingerprint density at radius 2 is 1.95 bits per heavy atom. The Morgan fingerprint density at radius 1 is 1.23 bits per heavy atom. The van der Waals surface area contributed by atoms with Crippen LogP contribution in [-0.4, -0.2) is 27.6 Å². The zero-order valence-corrected chi connectivity index (χ0v) is 13.4. The van der Waals surface area contributed by atoms with Crippen molar-refractivity contribution in [3.63, 3.8) is 0 Å². The van der Waals surface area contributed by atoms with Crippen molar-refractivity contribution in [2.75, 3.05) is 12.3 Å². The normalized spacial score (nSPS) is 10.8. The molecule has 2 N–H and O–H groups in total. The van der Waals surface area contributed by atoms with E-state index in [4.69, 9.17) is 10.5 Å². The van der Waals surface area contributed by atoms with Crippen LogP contribution in [-0.2, 0) is 4.74 Å². The van der Waals surface area contributed by atoms with Crippen LogP contribution in [0.5, 0.6) is 0 Å². The molecule has 0 bridgehead atoms. The van der Waals surface area contributed by atoms with Gasteiger partial charge < -0.3 is 10.5 Å². The van der Waals surface area contributed by atoms with Gasteiger partial charge in [0, 0.05) is 5.69 Å². The Bertz CT molecular complexity index is 843. The van der Waals surface area contributed by atoms with Gasteiger partial charge in [-0.3, -0.25) is 0 Å². The van der Waals surface area contributed by atoms with Gasteiger partial charge in [0.05, 0.1) is 22.3 Å². The van der Waals surface area contributed by atoms with E-state index in [2.05, 4.69) is 26.1 Å². The van der Waals surface area contributed by atoms with E-state index in [1.54, 1.807) is 37.3 Å². The number of nitrogens with two attached hydrogens (primary N) is 1. The van der Waals surface area contributed by atoms with Crippen molar-refractivity contribution in [2.45, 2.75) is 6.92 Å². The van der Waals surface area contributed by atoms with Gasteiger partial charge in [0.25, 0.3) is 0 Å². The molecular weight excluding hydrogens is 348 g/mol. The van der Waals surface area contributed by atoms with E-state index in [0.29, 0.717) is 23.4 Å². The van der Waals surface area contributed by atoms with Crippen LogP contribution < -0.4 is 5.73 Å². The summed E-state index contributed by atoms with van der Waals surface area (Å²) in [7, 11) is 0. The molecule has 0 spiro atoms. The van der Waals surface area contributed by atoms with E-state index in [1.807, 2.05) is 6.07 Å². The van der Waals surface area contributed by atoms with E-state index in [0.717, 1.165) is 15.7 Å². The number of carbonyl (C=O) groups is 1. The first-order valence-corrected chi connectivity index (χ1v) is 7.48. The number of nitrogens with zero attached hydrogens (tertiary/aromatic N) is 3. The van der Waals surface area contributed by atoms with Gasteiger partial charge in [0.15, 0.2) is 0 Å². The van der Waals surface area contributed by atoms with Crippen LogP contribution >= 0.6 is 15.9 Å². The van der Waals surface area contributed by atoms with Gasteiger partial charge in [0.2, 0.25) is 0 Å². The second kappa shape index (κ2) is 5.76. The lowest BCUT2D eigenvalue weighted by atomic mass is 10.2. The lowest BCUT2D eigenvalue weighted by molar-refractivity contribution is 0.0526. The molecule has 6 nitrogen and oxygen atoms in total. The maximum Gasteiger partial charge on any atom is 0.338 e. The van der Waals surface area contributed by atoms with E-state index in [-0.39, 0.29) is 5.97 Å². The van der Waals surface area contributed by atoms with Crippen molar-refractivity contribution < 1.29 is 9.53 Å². The van der Waals surface area contributed by atoms with Gasteiger partial charge in [0.1, 0.15) is 11.0 Å². The summed E-state index contributed by atoms with van der Waals surface area (Å²) in [5.74, 6) is -0.344. The molecule has 3 rings (SSSR count). The van der Waals surface area contributed by atoms with Gasteiger partial charge in [-0.2, -0.15) is 4.80 Å². The molecule has 0 atom stereocenters. The predicted octanol–water partition coefficient (Wildman–Crippen LogP) is 2.94. The van der Waals surface area contributed by atoms with Crippen molar-refractivity contribution in [1.29, 1.82) is 0 Å². The summed E-state index contributed by atoms with van der Waals surface area (Å²) in [5.41, 5.74) is 9.11. The molecule has 22 heavy (non-hydrogen) atoms. The molecular formula is C15H13BrN4O2. The largest absolute Gasteiger partial charge is 0.462 e. The number of hydrogen-bond donors (Lipinski definition) is 1. The SMILES string of the molecule is CCOC(=O)c1ccc(-n2nc3ccc(N)c(Br)c3n2)cc1. The Kier molecular flexibility index (Phi) is 3.81. The highest BCUT2D eigenvalue weighted by Crippen LogP contribution is 2.27. The number of anilines is 1. The standard InChI is InChI=1S/C15H13BrN4O2/c1-2-22-15(21)9-3-5-10(6-4-9)20-18-12-8-7-11(17)13(16)14(12)19-20/h3-8H,2,17H2,1H3. The predicted molar refractivity (Wildman–Crippen MR) is 86.9 cm³/mol. The summed E-state index contributed by atoms with van der Waals surface area (Å²) in [6.45, 7) is 2.12. The second-order valence-corrected chi connectivity index (χ2v) is 5.39. The minimum Gasteiger partial charge on any atom is -0.462 e. The molecule has 0 radical (unpaired) electrons. The number of fused-ring (bicyclic) bond motifs is 1. The monoisotopic (exact) mass is 360 g/mol. The van der Waals surface area contributed by atoms with Gasteiger partial charge in [-0.1, -0.05) is 0 Å². The molecule has 7 heteroatoms. The molecule has 3 aromatic rings. The average Bonchev–Trinajstić information content (AvgIpc) is 2.96. The molecule has 1 aromatic heterocycles. The Balaban J connectivity index is 1.97. The molecule has 0 aliphatic heterocycles. The Hall–Kier alpha value is -2.41. The summed E-state index contributed by atoms with van der Waals surface area (Å²) in [5, 5.41) is 8.82. The molecule has 0 saturated carbocycles. The number of carbonyl (C=O) groups excluding carboxylic acids is 1. The van der Waals surface area contributed by atoms with Crippen LogP contribution in [0.25, 0.3) is 16.7 Å². The van der Waals surface area contributed by atoms with Gasteiger partial charge in [-0.15, -0.1) is 10.2 Å². The van der Waals surface area contributed by atoms with Crippen molar-refractivity contribution in [2.24, 2.45) is 0 Å². The quantitative estimate of drug-likeness (QED) is 0.573. The summed E-state index contributed by atoms with van der Waals surface area (Å²) >= 11 is 3.41. The van der Waals surface area contributed by atoms with Crippen LogP contribution in [0.3, 0.4) is 0 Å². The number of ether oxygens (including phenoxy) is 1. The number of benzene rings is 2. The molecule has 0 saturated heterocycles. The van der Waals surface area contributed by atoms with E-state index in [1.165, 1.54) is 4.80 Å². The van der Waals surface area contributed by atoms with Crippen LogP contribution in [0.4, 0.5) is 5.69 Å². The molecule has 1 heterocycles. The minimum atomic E-state index is -0.344. The highest BCUT2D eigenvalue weighted by molar-refractivity contribution is 9.10. The summed E-state index contributed by atoms with van der Waals surface area (Å²) in [4.78, 5) is 13.1. The minimum absolute atomic E-state index is 0.344. The van der Waals surface area contributed by atoms with Crippen molar-refractivity contribution in [3.05, 3.63) is 46.4 Å². The molecule has 0 unspecified atom stereocenters. The van der Waals surface area contributed by atoms with Crippen molar-refractivity contribution >= 4 is 38.6 Å². The molecule has 0 aliphatic carbocycles. The van der Waals surface area contributed by atoms with Gasteiger partial charge in [-0.25, -0.2) is 4.79 Å². The third-order valence-electron chi connectivity index (χ3n) is 3.13. The zero-order valence-electron chi connectivity index (χ0n) is 11.8. The summed E-state index contributed by atoms with van der Waals surface area (Å²) < 4.78 is 5.68. The van der Waals surface area contributed by atoms with Crippen LogP contribution in [0.15, 0.2) is 40.9 Å². The number of esters is 1. The average molecular weight is 361 g/mol. The fourth-order valence-electron chi connectivity index (χ4n) is 2.03. The van der Waals surface area contributed by atoms with Gasteiger partial charge >= 0.3 is 5.97 Å². The van der Waals surface area contributed by atoms with Crippen LogP contribution in [0.2, 0.25) is 0 Å². The number of hydrogen-bond acceptors (Lipinski definition) is 5. The summed E-state index contributed by atoms with van der Waals surface area (Å²) in [6, 6.07) is 10.5. The van der Waals surface area contributed by atoms with E-state index >= 15 is 0 Å². The zero-order chi connectivity index (χ0) is 15.7. The first-order chi connectivity index (χ1) is 10.6. The highest BCUT2D eigenvalue weighted by atomic mass is 79.9. The molecule has 0 fully saturated rings. The topological polar surface area (TPSA) is 83.0 Å². The Labute approximate surface area is 135 Å². The maximum absolute atomic E-state index is 11.6. The van der Waals surface area contributed by atoms with Crippen LogP contribution in [0.1, 0.15) is 17.3 Å². The lowest BCUT2D eigenvalue weighted by Gasteiger charge is -2.03. The fraction of sp³-hybridized carbons (Fsp3) is 0.133. The first kappa shape index (κ1) is 14.5.